The molecule has 0 saturated heterocycles. The van der Waals surface area contributed by atoms with Gasteiger partial charge in [-0.3, -0.25) is 9.36 Å². The molecule has 0 unspecified atom stereocenters. The predicted octanol–water partition coefficient (Wildman–Crippen LogP) is 1.32. The third-order valence-corrected chi connectivity index (χ3v) is 3.51. The van der Waals surface area contributed by atoms with Gasteiger partial charge in [-0.1, -0.05) is 12.8 Å². The van der Waals surface area contributed by atoms with E-state index < -0.39 is 11.5 Å². The van der Waals surface area contributed by atoms with Gasteiger partial charge in [0.15, 0.2) is 0 Å². The summed E-state index contributed by atoms with van der Waals surface area (Å²) in [6.07, 6.45) is 4.04. The van der Waals surface area contributed by atoms with E-state index in [-0.39, 0.29) is 11.5 Å². The number of carboxylic acids is 1. The van der Waals surface area contributed by atoms with E-state index in [4.69, 9.17) is 10.8 Å². The summed E-state index contributed by atoms with van der Waals surface area (Å²) in [6, 6.07) is 1.64. The molecular formula is C12H16N2O3. The first-order valence-electron chi connectivity index (χ1n) is 5.75. The minimum atomic E-state index is -1.16. The maximum absolute atomic E-state index is 11.9. The number of hydrogen-bond acceptors (Lipinski definition) is 3. The van der Waals surface area contributed by atoms with E-state index in [0.29, 0.717) is 11.4 Å². The molecule has 1 aromatic rings. The van der Waals surface area contributed by atoms with Crippen molar-refractivity contribution in [2.24, 2.45) is 7.05 Å². The van der Waals surface area contributed by atoms with Crippen LogP contribution in [0.4, 0.5) is 5.82 Å². The van der Waals surface area contributed by atoms with Gasteiger partial charge in [0.2, 0.25) is 0 Å². The number of anilines is 1. The van der Waals surface area contributed by atoms with E-state index in [9.17, 15) is 9.59 Å². The summed E-state index contributed by atoms with van der Waals surface area (Å²) in [5.41, 5.74) is 5.70. The van der Waals surface area contributed by atoms with Crippen LogP contribution in [0.25, 0.3) is 0 Å². The van der Waals surface area contributed by atoms with Gasteiger partial charge in [0, 0.05) is 7.05 Å². The average Bonchev–Trinajstić information content (AvgIpc) is 2.77. The summed E-state index contributed by atoms with van der Waals surface area (Å²) in [5, 5.41) is 9.17. The Morgan fingerprint density at radius 3 is 2.59 bits per heavy atom. The van der Waals surface area contributed by atoms with E-state index in [1.54, 1.807) is 6.07 Å². The van der Waals surface area contributed by atoms with E-state index in [2.05, 4.69) is 0 Å². The van der Waals surface area contributed by atoms with Gasteiger partial charge in [-0.05, 0) is 30.4 Å². The van der Waals surface area contributed by atoms with Crippen molar-refractivity contribution in [3.8, 4) is 0 Å². The molecule has 1 saturated carbocycles. The minimum absolute atomic E-state index is 0.117. The third-order valence-electron chi connectivity index (χ3n) is 3.51. The van der Waals surface area contributed by atoms with E-state index in [0.717, 1.165) is 25.7 Å². The number of nitrogens with two attached hydrogens (primary N) is 1. The number of carboxylic acid groups (broad SMARTS) is 1. The smallest absolute Gasteiger partial charge is 0.341 e. The highest BCUT2D eigenvalue weighted by molar-refractivity contribution is 5.89. The Bertz CT molecular complexity index is 513. The predicted molar refractivity (Wildman–Crippen MR) is 64.3 cm³/mol. The Balaban J connectivity index is 2.64. The topological polar surface area (TPSA) is 85.3 Å². The van der Waals surface area contributed by atoms with Crippen molar-refractivity contribution in [3.05, 3.63) is 27.5 Å². The van der Waals surface area contributed by atoms with Gasteiger partial charge in [0.25, 0.3) is 5.56 Å². The number of pyridine rings is 1. The Morgan fingerprint density at radius 1 is 1.47 bits per heavy atom. The lowest BCUT2D eigenvalue weighted by atomic mass is 9.94. The molecule has 1 aliphatic rings. The molecule has 1 aromatic heterocycles. The fraction of sp³-hybridized carbons (Fsp3) is 0.500. The summed E-state index contributed by atoms with van der Waals surface area (Å²) in [5.74, 6) is -0.674. The lowest BCUT2D eigenvalue weighted by molar-refractivity contribution is 0.0692. The summed E-state index contributed by atoms with van der Waals surface area (Å²) in [6.45, 7) is 0. The standard InChI is InChI=1S/C12H16N2O3/c1-14-9(13)6-8(7-4-2-3-5-7)10(11(14)15)12(16)17/h6-7H,2-5,13H2,1H3,(H,16,17). The number of hydrogen-bond donors (Lipinski definition) is 2. The SMILES string of the molecule is Cn1c(N)cc(C2CCCC2)c(C(=O)O)c1=O. The molecule has 0 amide bonds. The molecule has 1 aliphatic carbocycles. The van der Waals surface area contributed by atoms with Gasteiger partial charge in [-0.25, -0.2) is 4.79 Å². The van der Waals surface area contributed by atoms with Crippen molar-refractivity contribution >= 4 is 11.8 Å². The Kier molecular flexibility index (Phi) is 2.92. The van der Waals surface area contributed by atoms with Gasteiger partial charge in [0.1, 0.15) is 11.4 Å². The molecule has 3 N–H and O–H groups in total. The highest BCUT2D eigenvalue weighted by atomic mass is 16.4. The van der Waals surface area contributed by atoms with Crippen LogP contribution in [0.2, 0.25) is 0 Å². The van der Waals surface area contributed by atoms with Crippen LogP contribution in [-0.4, -0.2) is 15.6 Å². The van der Waals surface area contributed by atoms with Gasteiger partial charge in [-0.15, -0.1) is 0 Å². The summed E-state index contributed by atoms with van der Waals surface area (Å²) in [7, 11) is 1.49. The van der Waals surface area contributed by atoms with Crippen LogP contribution in [0.5, 0.6) is 0 Å². The summed E-state index contributed by atoms with van der Waals surface area (Å²) >= 11 is 0. The van der Waals surface area contributed by atoms with Crippen LogP contribution >= 0.6 is 0 Å². The van der Waals surface area contributed by atoms with Crippen molar-refractivity contribution in [2.45, 2.75) is 31.6 Å². The second-order valence-electron chi connectivity index (χ2n) is 4.55. The van der Waals surface area contributed by atoms with Crippen molar-refractivity contribution in [2.75, 3.05) is 5.73 Å². The first-order valence-corrected chi connectivity index (χ1v) is 5.75. The number of rotatable bonds is 2. The van der Waals surface area contributed by atoms with E-state index in [1.165, 1.54) is 11.6 Å². The van der Waals surface area contributed by atoms with Crippen LogP contribution in [0.3, 0.4) is 0 Å². The Hall–Kier alpha value is -1.78. The van der Waals surface area contributed by atoms with Gasteiger partial charge in [-0.2, -0.15) is 0 Å². The molecule has 0 radical (unpaired) electrons. The molecular weight excluding hydrogens is 220 g/mol. The molecule has 5 nitrogen and oxygen atoms in total. The highest BCUT2D eigenvalue weighted by Gasteiger charge is 2.26. The van der Waals surface area contributed by atoms with Gasteiger partial charge in [0.05, 0.1) is 0 Å². The Labute approximate surface area is 98.9 Å². The number of nitrogens with zero attached hydrogens (tertiary/aromatic N) is 1. The van der Waals surface area contributed by atoms with Crippen molar-refractivity contribution < 1.29 is 9.90 Å². The maximum atomic E-state index is 11.9. The molecule has 0 spiro atoms. The Morgan fingerprint density at radius 2 is 2.06 bits per heavy atom. The minimum Gasteiger partial charge on any atom is -0.477 e. The molecule has 5 heteroatoms. The number of aromatic carboxylic acids is 1. The maximum Gasteiger partial charge on any atom is 0.341 e. The molecule has 17 heavy (non-hydrogen) atoms. The largest absolute Gasteiger partial charge is 0.477 e. The summed E-state index contributed by atoms with van der Waals surface area (Å²) < 4.78 is 1.18. The zero-order chi connectivity index (χ0) is 12.6. The molecule has 0 atom stereocenters. The molecule has 0 bridgehead atoms. The second-order valence-corrected chi connectivity index (χ2v) is 4.55. The highest BCUT2D eigenvalue weighted by Crippen LogP contribution is 2.35. The third kappa shape index (κ3) is 1.92. The number of carbonyl (C=O) groups is 1. The summed E-state index contributed by atoms with van der Waals surface area (Å²) in [4.78, 5) is 23.1. The molecule has 1 heterocycles. The van der Waals surface area contributed by atoms with Crippen molar-refractivity contribution in [1.29, 1.82) is 0 Å². The normalized spacial score (nSPS) is 16.3. The zero-order valence-electron chi connectivity index (χ0n) is 9.77. The molecule has 0 aliphatic heterocycles. The number of aromatic nitrogens is 1. The van der Waals surface area contributed by atoms with Crippen LogP contribution in [0, 0.1) is 0 Å². The fourth-order valence-corrected chi connectivity index (χ4v) is 2.51. The quantitative estimate of drug-likeness (QED) is 0.811. The van der Waals surface area contributed by atoms with Gasteiger partial charge >= 0.3 is 5.97 Å². The lowest BCUT2D eigenvalue weighted by Gasteiger charge is -2.15. The first kappa shape index (κ1) is 11.7. The van der Waals surface area contributed by atoms with Crippen LogP contribution in [0.15, 0.2) is 10.9 Å². The molecule has 92 valence electrons. The monoisotopic (exact) mass is 236 g/mol. The lowest BCUT2D eigenvalue weighted by Crippen LogP contribution is -2.28. The van der Waals surface area contributed by atoms with Crippen LogP contribution in [-0.2, 0) is 7.05 Å². The zero-order valence-corrected chi connectivity index (χ0v) is 9.77. The fourth-order valence-electron chi connectivity index (χ4n) is 2.51. The average molecular weight is 236 g/mol. The number of nitrogen functional groups attached to an aromatic ring is 1. The van der Waals surface area contributed by atoms with E-state index >= 15 is 0 Å². The second kappa shape index (κ2) is 4.24. The van der Waals surface area contributed by atoms with Crippen molar-refractivity contribution in [3.63, 3.8) is 0 Å². The first-order chi connectivity index (χ1) is 8.02. The van der Waals surface area contributed by atoms with Crippen molar-refractivity contribution in [1.82, 2.24) is 4.57 Å². The van der Waals surface area contributed by atoms with Gasteiger partial charge < -0.3 is 10.8 Å². The molecule has 0 aromatic carbocycles. The van der Waals surface area contributed by atoms with E-state index in [1.807, 2.05) is 0 Å². The molecule has 2 rings (SSSR count). The van der Waals surface area contributed by atoms with Crippen LogP contribution < -0.4 is 11.3 Å². The van der Waals surface area contributed by atoms with Crippen LogP contribution in [0.1, 0.15) is 47.5 Å². The molecule has 1 fully saturated rings.